The first-order valence-corrected chi connectivity index (χ1v) is 6.06. The molecule has 0 aliphatic rings. The average Bonchev–Trinajstić information content (AvgIpc) is 2.52. The van der Waals surface area contributed by atoms with Crippen molar-refractivity contribution in [3.05, 3.63) is 24.3 Å². The number of hydrogen-bond donors (Lipinski definition) is 2. The van der Waals surface area contributed by atoms with Crippen LogP contribution in [0.15, 0.2) is 24.3 Å². The third kappa shape index (κ3) is 3.33. The summed E-state index contributed by atoms with van der Waals surface area (Å²) in [5.41, 5.74) is 0.818. The van der Waals surface area contributed by atoms with E-state index in [1.165, 1.54) is 7.11 Å². The Kier molecular flexibility index (Phi) is 4.67. The minimum Gasteiger partial charge on any atom is -0.497 e. The molecule has 7 heteroatoms. The molecule has 0 saturated carbocycles. The van der Waals surface area contributed by atoms with Crippen LogP contribution in [0.1, 0.15) is 0 Å². The van der Waals surface area contributed by atoms with Crippen LogP contribution in [0, 0.1) is 0 Å². The molecule has 2 aromatic rings. The van der Waals surface area contributed by atoms with Crippen LogP contribution in [0.5, 0.6) is 11.8 Å². The summed E-state index contributed by atoms with van der Waals surface area (Å²) < 4.78 is 10.2. The molecular formula is C13H16N4O3. The van der Waals surface area contributed by atoms with Crippen molar-refractivity contribution in [2.45, 2.75) is 0 Å². The fourth-order valence-electron chi connectivity index (χ4n) is 1.56. The Hall–Kier alpha value is -2.41. The quantitative estimate of drug-likeness (QED) is 0.812. The fourth-order valence-corrected chi connectivity index (χ4v) is 1.56. The van der Waals surface area contributed by atoms with E-state index in [4.69, 9.17) is 14.6 Å². The van der Waals surface area contributed by atoms with E-state index in [0.717, 1.165) is 11.3 Å². The first kappa shape index (κ1) is 14.0. The Morgan fingerprint density at radius 1 is 1.05 bits per heavy atom. The molecule has 0 aliphatic carbocycles. The summed E-state index contributed by atoms with van der Waals surface area (Å²) in [7, 11) is 3.10. The van der Waals surface area contributed by atoms with Gasteiger partial charge in [-0.3, -0.25) is 0 Å². The van der Waals surface area contributed by atoms with Gasteiger partial charge in [0.25, 0.3) is 0 Å². The summed E-state index contributed by atoms with van der Waals surface area (Å²) in [6.07, 6.45) is 0. The number of aliphatic hydroxyl groups is 1. The number of anilines is 1. The van der Waals surface area contributed by atoms with Gasteiger partial charge in [-0.05, 0) is 24.3 Å². The van der Waals surface area contributed by atoms with Crippen molar-refractivity contribution in [3.8, 4) is 23.1 Å². The molecule has 106 valence electrons. The highest BCUT2D eigenvalue weighted by Crippen LogP contribution is 2.21. The number of methoxy groups -OCH3 is 2. The molecule has 0 amide bonds. The van der Waals surface area contributed by atoms with Gasteiger partial charge in [-0.2, -0.15) is 15.0 Å². The van der Waals surface area contributed by atoms with Gasteiger partial charge in [0.05, 0.1) is 20.8 Å². The van der Waals surface area contributed by atoms with Gasteiger partial charge in [-0.25, -0.2) is 0 Å². The van der Waals surface area contributed by atoms with Gasteiger partial charge in [0.15, 0.2) is 5.82 Å². The number of nitrogens with one attached hydrogen (secondary N) is 1. The maximum Gasteiger partial charge on any atom is 0.321 e. The Labute approximate surface area is 116 Å². The van der Waals surface area contributed by atoms with Gasteiger partial charge in [0.2, 0.25) is 5.95 Å². The van der Waals surface area contributed by atoms with Gasteiger partial charge in [-0.15, -0.1) is 0 Å². The predicted octanol–water partition coefficient (Wildman–Crippen LogP) is 0.960. The summed E-state index contributed by atoms with van der Waals surface area (Å²) in [4.78, 5) is 12.5. The van der Waals surface area contributed by atoms with E-state index in [-0.39, 0.29) is 12.6 Å². The summed E-state index contributed by atoms with van der Waals surface area (Å²) in [6.45, 7) is 0.348. The van der Waals surface area contributed by atoms with E-state index in [9.17, 15) is 0 Å². The lowest BCUT2D eigenvalue weighted by Gasteiger charge is -2.07. The number of aromatic nitrogens is 3. The van der Waals surface area contributed by atoms with Crippen LogP contribution in [0.2, 0.25) is 0 Å². The van der Waals surface area contributed by atoms with Gasteiger partial charge in [-0.1, -0.05) is 0 Å². The molecule has 1 heterocycles. The molecular weight excluding hydrogens is 260 g/mol. The number of hydrogen-bond acceptors (Lipinski definition) is 7. The summed E-state index contributed by atoms with van der Waals surface area (Å²) >= 11 is 0. The molecule has 0 aliphatic heterocycles. The van der Waals surface area contributed by atoms with Crippen LogP contribution in [-0.2, 0) is 0 Å². The maximum atomic E-state index is 8.82. The topological polar surface area (TPSA) is 89.4 Å². The Morgan fingerprint density at radius 3 is 2.40 bits per heavy atom. The van der Waals surface area contributed by atoms with Crippen molar-refractivity contribution in [1.29, 1.82) is 0 Å². The molecule has 2 rings (SSSR count). The van der Waals surface area contributed by atoms with Crippen molar-refractivity contribution in [3.63, 3.8) is 0 Å². The first-order valence-electron chi connectivity index (χ1n) is 6.06. The lowest BCUT2D eigenvalue weighted by atomic mass is 10.2. The number of rotatable bonds is 6. The van der Waals surface area contributed by atoms with Crippen molar-refractivity contribution >= 4 is 5.95 Å². The Morgan fingerprint density at radius 2 is 1.80 bits per heavy atom. The second-order valence-corrected chi connectivity index (χ2v) is 3.85. The molecule has 2 N–H and O–H groups in total. The van der Waals surface area contributed by atoms with Crippen molar-refractivity contribution in [1.82, 2.24) is 15.0 Å². The van der Waals surface area contributed by atoms with Crippen molar-refractivity contribution in [2.75, 3.05) is 32.7 Å². The molecule has 0 saturated heterocycles. The van der Waals surface area contributed by atoms with E-state index < -0.39 is 0 Å². The molecule has 0 fully saturated rings. The standard InChI is InChI=1S/C13H16N4O3/c1-19-10-5-3-9(4-6-10)11-15-12(14-7-8-18)17-13(16-11)20-2/h3-6,18H,7-8H2,1-2H3,(H,14,15,16,17). The van der Waals surface area contributed by atoms with Gasteiger partial charge in [0.1, 0.15) is 5.75 Å². The van der Waals surface area contributed by atoms with Crippen molar-refractivity contribution < 1.29 is 14.6 Å². The van der Waals surface area contributed by atoms with Crippen molar-refractivity contribution in [2.24, 2.45) is 0 Å². The monoisotopic (exact) mass is 276 g/mol. The number of aliphatic hydroxyl groups excluding tert-OH is 1. The third-order valence-electron chi connectivity index (χ3n) is 2.54. The average molecular weight is 276 g/mol. The van der Waals surface area contributed by atoms with E-state index in [2.05, 4.69) is 20.3 Å². The second-order valence-electron chi connectivity index (χ2n) is 3.85. The molecule has 0 bridgehead atoms. The molecule has 7 nitrogen and oxygen atoms in total. The highest BCUT2D eigenvalue weighted by Gasteiger charge is 2.08. The van der Waals surface area contributed by atoms with Crippen LogP contribution in [0.25, 0.3) is 11.4 Å². The van der Waals surface area contributed by atoms with E-state index >= 15 is 0 Å². The lowest BCUT2D eigenvalue weighted by Crippen LogP contribution is -2.10. The Balaban J connectivity index is 2.33. The SMILES string of the molecule is COc1ccc(-c2nc(NCCO)nc(OC)n2)cc1. The zero-order chi connectivity index (χ0) is 14.4. The summed E-state index contributed by atoms with van der Waals surface area (Å²) in [5, 5.41) is 11.7. The number of ether oxygens (including phenoxy) is 2. The lowest BCUT2D eigenvalue weighted by molar-refractivity contribution is 0.310. The first-order chi connectivity index (χ1) is 9.76. The van der Waals surface area contributed by atoms with Crippen LogP contribution in [0.3, 0.4) is 0 Å². The Bertz CT molecular complexity index is 560. The number of benzene rings is 1. The minimum absolute atomic E-state index is 0.00807. The molecule has 0 spiro atoms. The van der Waals surface area contributed by atoms with E-state index in [1.54, 1.807) is 7.11 Å². The molecule has 0 radical (unpaired) electrons. The van der Waals surface area contributed by atoms with Gasteiger partial charge in [0, 0.05) is 12.1 Å². The van der Waals surface area contributed by atoms with E-state index in [0.29, 0.717) is 18.3 Å². The number of nitrogens with zero attached hydrogens (tertiary/aromatic N) is 3. The maximum absolute atomic E-state index is 8.82. The smallest absolute Gasteiger partial charge is 0.321 e. The van der Waals surface area contributed by atoms with Crippen LogP contribution >= 0.6 is 0 Å². The van der Waals surface area contributed by atoms with Crippen LogP contribution in [0.4, 0.5) is 5.95 Å². The van der Waals surface area contributed by atoms with Crippen LogP contribution < -0.4 is 14.8 Å². The summed E-state index contributed by atoms with van der Waals surface area (Å²) in [5.74, 6) is 1.60. The van der Waals surface area contributed by atoms with Gasteiger partial charge < -0.3 is 19.9 Å². The highest BCUT2D eigenvalue weighted by molar-refractivity contribution is 5.57. The molecule has 1 aromatic carbocycles. The largest absolute Gasteiger partial charge is 0.497 e. The predicted molar refractivity (Wildman–Crippen MR) is 73.9 cm³/mol. The normalized spacial score (nSPS) is 10.2. The third-order valence-corrected chi connectivity index (χ3v) is 2.54. The highest BCUT2D eigenvalue weighted by atomic mass is 16.5. The van der Waals surface area contributed by atoms with Crippen LogP contribution in [-0.4, -0.2) is 47.4 Å². The fraction of sp³-hybridized carbons (Fsp3) is 0.308. The molecule has 1 aromatic heterocycles. The second kappa shape index (κ2) is 6.67. The van der Waals surface area contributed by atoms with Gasteiger partial charge >= 0.3 is 6.01 Å². The molecule has 20 heavy (non-hydrogen) atoms. The zero-order valence-corrected chi connectivity index (χ0v) is 11.3. The minimum atomic E-state index is -0.00807. The summed E-state index contributed by atoms with van der Waals surface area (Å²) in [6, 6.07) is 7.57. The van der Waals surface area contributed by atoms with E-state index in [1.807, 2.05) is 24.3 Å². The molecule has 0 atom stereocenters. The molecule has 0 unspecified atom stereocenters. The zero-order valence-electron chi connectivity index (χ0n) is 11.3.